The number of allylic oxidation sites excluding steroid dienone is 3. The molecule has 3 N–H and O–H groups in total. The first kappa shape index (κ1) is 56.0. The molecule has 0 radical (unpaired) electrons. The molecule has 14 unspecified atom stereocenters. The van der Waals surface area contributed by atoms with Crippen LogP contribution in [-0.4, -0.2) is 140 Å². The number of ketones is 2. The maximum atomic E-state index is 14.6. The zero-order chi connectivity index (χ0) is 50.8. The number of Topliss-reactive ketones (excluding diaryl/α,β-unsaturated/α-hetero) is 2. The third-order valence-corrected chi connectivity index (χ3v) is 15.3. The number of esters is 1. The number of hydrogen-bond donors (Lipinski definition) is 3. The fourth-order valence-corrected chi connectivity index (χ4v) is 11.1. The van der Waals surface area contributed by atoms with Crippen LogP contribution in [0.4, 0.5) is 0 Å². The molecule has 3 heterocycles. The quantitative estimate of drug-likeness (QED) is 0.117. The van der Waals surface area contributed by atoms with Crippen molar-refractivity contribution in [2.24, 2.45) is 29.6 Å². The van der Waals surface area contributed by atoms with Gasteiger partial charge in [-0.05, 0) is 120 Å². The van der Waals surface area contributed by atoms with E-state index >= 15 is 0 Å². The zero-order valence-corrected chi connectivity index (χ0v) is 42.9. The number of carbonyl (C=O) groups is 4. The van der Waals surface area contributed by atoms with E-state index < -0.39 is 89.5 Å². The second kappa shape index (κ2) is 24.9. The average Bonchev–Trinajstić information content (AvgIpc) is 3.33. The van der Waals surface area contributed by atoms with Gasteiger partial charge in [-0.25, -0.2) is 4.79 Å². The molecular formula is C54H81NO14. The van der Waals surface area contributed by atoms with Gasteiger partial charge in [-0.1, -0.05) is 57.6 Å². The van der Waals surface area contributed by atoms with Crippen LogP contribution in [0.3, 0.4) is 0 Å². The number of aliphatic hydroxyl groups is 3. The van der Waals surface area contributed by atoms with E-state index in [0.29, 0.717) is 74.9 Å². The summed E-state index contributed by atoms with van der Waals surface area (Å²) in [5.74, 6) is -6.54. The first-order valence-electron chi connectivity index (χ1n) is 25.0. The molecule has 386 valence electrons. The van der Waals surface area contributed by atoms with E-state index in [2.05, 4.69) is 0 Å². The van der Waals surface area contributed by atoms with Gasteiger partial charge in [0, 0.05) is 58.1 Å². The number of benzene rings is 1. The van der Waals surface area contributed by atoms with Crippen molar-refractivity contribution in [1.29, 1.82) is 0 Å². The molecule has 1 aliphatic carbocycles. The lowest BCUT2D eigenvalue weighted by Crippen LogP contribution is -2.64. The Morgan fingerprint density at radius 1 is 0.884 bits per heavy atom. The fourth-order valence-electron chi connectivity index (χ4n) is 11.1. The van der Waals surface area contributed by atoms with Crippen molar-refractivity contribution in [3.8, 4) is 11.5 Å². The highest BCUT2D eigenvalue weighted by atomic mass is 16.7. The molecule has 5 rings (SSSR count). The minimum Gasteiger partial charge on any atom is -0.497 e. The Kier molecular flexibility index (Phi) is 20.2. The topological polar surface area (TPSA) is 197 Å². The highest BCUT2D eigenvalue weighted by Gasteiger charge is 2.56. The van der Waals surface area contributed by atoms with E-state index in [1.54, 1.807) is 41.2 Å². The number of methoxy groups -OCH3 is 5. The summed E-state index contributed by atoms with van der Waals surface area (Å²) < 4.78 is 41.2. The smallest absolute Gasteiger partial charge is 0.329 e. The molecule has 1 aromatic carbocycles. The van der Waals surface area contributed by atoms with Crippen molar-refractivity contribution in [3.05, 3.63) is 53.1 Å². The number of ether oxygens (including phenoxy) is 7. The normalized spacial score (nSPS) is 36.3. The molecule has 1 saturated carbocycles. The predicted molar refractivity (Wildman–Crippen MR) is 260 cm³/mol. The number of carbonyl (C=O) groups excluding carboxylic acids is 4. The van der Waals surface area contributed by atoms with E-state index in [1.807, 2.05) is 64.1 Å². The maximum Gasteiger partial charge on any atom is 0.329 e. The van der Waals surface area contributed by atoms with Crippen molar-refractivity contribution >= 4 is 29.5 Å². The number of cyclic esters (lactones) is 1. The molecule has 14 atom stereocenters. The highest BCUT2D eigenvalue weighted by molar-refractivity contribution is 6.39. The van der Waals surface area contributed by atoms with Gasteiger partial charge in [0.2, 0.25) is 5.79 Å². The van der Waals surface area contributed by atoms with Gasteiger partial charge in [0.15, 0.2) is 0 Å². The van der Waals surface area contributed by atoms with Crippen LogP contribution in [0.1, 0.15) is 124 Å². The molecule has 2 bridgehead atoms. The van der Waals surface area contributed by atoms with Crippen LogP contribution in [0.2, 0.25) is 0 Å². The summed E-state index contributed by atoms with van der Waals surface area (Å²) in [7, 11) is 7.81. The van der Waals surface area contributed by atoms with Crippen molar-refractivity contribution in [2.45, 2.75) is 173 Å². The van der Waals surface area contributed by atoms with Crippen molar-refractivity contribution in [3.63, 3.8) is 0 Å². The zero-order valence-electron chi connectivity index (χ0n) is 42.9. The molecule has 4 aliphatic rings. The standard InChI is InChI=1S/C54H81NO14/c1-12-39-23-32(2)22-33(3)24-45(65-9)49-46(66-10)26-35(5)54(62,69-49)50(58)51(59)55-21-14-13-17-42(55)52(60)68-48(36(6)43(56)31-44(39)57)34(4)25-38-18-20-53(61,47(29-38)67-11)19-15-16-37-27-40(63-7)30-41(28-37)64-8/h15-16,23,25,27-28,30,33,35-36,38-39,42-43,45-49,56,61-62H,12-14,17-22,24,26,29,31H2,1-11H3. The number of aliphatic hydroxyl groups excluding tert-OH is 1. The van der Waals surface area contributed by atoms with E-state index in [4.69, 9.17) is 33.2 Å². The van der Waals surface area contributed by atoms with Crippen LogP contribution in [0.5, 0.6) is 11.5 Å². The van der Waals surface area contributed by atoms with Gasteiger partial charge < -0.3 is 53.4 Å². The molecule has 69 heavy (non-hydrogen) atoms. The Morgan fingerprint density at radius 2 is 1.55 bits per heavy atom. The summed E-state index contributed by atoms with van der Waals surface area (Å²) in [4.78, 5) is 58.6. The molecule has 2 saturated heterocycles. The second-order valence-electron chi connectivity index (χ2n) is 20.4. The van der Waals surface area contributed by atoms with Crippen LogP contribution in [-0.2, 0) is 42.9 Å². The molecule has 0 spiro atoms. The fraction of sp³-hybridized carbons (Fsp3) is 0.704. The van der Waals surface area contributed by atoms with Gasteiger partial charge in [0.1, 0.15) is 35.5 Å². The Bertz CT molecular complexity index is 1990. The van der Waals surface area contributed by atoms with E-state index in [0.717, 1.165) is 11.1 Å². The van der Waals surface area contributed by atoms with Gasteiger partial charge >= 0.3 is 5.97 Å². The molecular weight excluding hydrogens is 887 g/mol. The van der Waals surface area contributed by atoms with Gasteiger partial charge in [0.25, 0.3) is 11.7 Å². The largest absolute Gasteiger partial charge is 0.497 e. The van der Waals surface area contributed by atoms with Gasteiger partial charge in [-0.15, -0.1) is 0 Å². The van der Waals surface area contributed by atoms with E-state index in [1.165, 1.54) is 19.1 Å². The number of nitrogens with zero attached hydrogens (tertiary/aromatic N) is 1. The second-order valence-corrected chi connectivity index (χ2v) is 20.4. The lowest BCUT2D eigenvalue weighted by molar-refractivity contribution is -0.302. The predicted octanol–water partition coefficient (Wildman–Crippen LogP) is 6.96. The Hall–Kier alpha value is -3.96. The molecule has 1 amide bonds. The third-order valence-electron chi connectivity index (χ3n) is 15.3. The maximum absolute atomic E-state index is 14.6. The molecule has 15 heteroatoms. The van der Waals surface area contributed by atoms with Crippen molar-refractivity contribution < 1.29 is 67.7 Å². The van der Waals surface area contributed by atoms with Crippen LogP contribution >= 0.6 is 0 Å². The lowest BCUT2D eigenvalue weighted by Gasteiger charge is -2.47. The lowest BCUT2D eigenvalue weighted by atomic mass is 9.74. The molecule has 1 aromatic rings. The number of piperidine rings is 1. The summed E-state index contributed by atoms with van der Waals surface area (Å²) in [6.45, 7) is 11.2. The monoisotopic (exact) mass is 968 g/mol. The summed E-state index contributed by atoms with van der Waals surface area (Å²) in [5, 5.41) is 36.0. The van der Waals surface area contributed by atoms with Crippen molar-refractivity contribution in [1.82, 2.24) is 4.90 Å². The number of hydrogen-bond acceptors (Lipinski definition) is 14. The summed E-state index contributed by atoms with van der Waals surface area (Å²) in [5.41, 5.74) is 1.30. The molecule has 15 nitrogen and oxygen atoms in total. The molecule has 0 aromatic heterocycles. The highest BCUT2D eigenvalue weighted by Crippen LogP contribution is 2.41. The molecule has 3 fully saturated rings. The molecule has 3 aliphatic heterocycles. The first-order chi connectivity index (χ1) is 32.7. The minimum absolute atomic E-state index is 0.0148. The Morgan fingerprint density at radius 3 is 2.17 bits per heavy atom. The van der Waals surface area contributed by atoms with Crippen LogP contribution in [0.15, 0.2) is 47.6 Å². The number of amides is 1. The van der Waals surface area contributed by atoms with Gasteiger partial charge in [-0.2, -0.15) is 0 Å². The SMILES string of the molecule is CCC1C=C(C)CC(C)CC(OC)C2OC(O)(C(=O)C(=O)N3CCCCC3C(=O)OC(C(C)=CC3CCC(O)(CC=Cc4cc(OC)cc(OC)c4)C(OC)C3)C(C)C(O)CC1=O)C(C)CC2OC. The Balaban J connectivity index is 1.46. The van der Waals surface area contributed by atoms with Crippen LogP contribution < -0.4 is 9.47 Å². The van der Waals surface area contributed by atoms with E-state index in [-0.39, 0.29) is 43.4 Å². The average molecular weight is 968 g/mol. The van der Waals surface area contributed by atoms with Crippen molar-refractivity contribution in [2.75, 3.05) is 42.1 Å². The summed E-state index contributed by atoms with van der Waals surface area (Å²) in [6, 6.07) is 4.38. The summed E-state index contributed by atoms with van der Waals surface area (Å²) >= 11 is 0. The van der Waals surface area contributed by atoms with Crippen LogP contribution in [0, 0.1) is 29.6 Å². The third kappa shape index (κ3) is 13.5. The summed E-state index contributed by atoms with van der Waals surface area (Å²) in [6.07, 6.45) is 7.60. The van der Waals surface area contributed by atoms with Crippen LogP contribution in [0.25, 0.3) is 6.08 Å². The number of rotatable bonds is 11. The first-order valence-corrected chi connectivity index (χ1v) is 25.0. The van der Waals surface area contributed by atoms with Gasteiger partial charge in [-0.3, -0.25) is 14.4 Å². The Labute approximate surface area is 409 Å². The van der Waals surface area contributed by atoms with E-state index in [9.17, 15) is 34.5 Å². The minimum atomic E-state index is -2.53. The number of fused-ring (bicyclic) bond motifs is 3. The van der Waals surface area contributed by atoms with Gasteiger partial charge in [0.05, 0.1) is 44.2 Å².